The van der Waals surface area contributed by atoms with Gasteiger partial charge in [-0.2, -0.15) is 8.42 Å². The molecule has 0 radical (unpaired) electrons. The van der Waals surface area contributed by atoms with Crippen molar-refractivity contribution >= 4 is 10.1 Å². The van der Waals surface area contributed by atoms with Crippen LogP contribution in [-0.2, 0) is 14.3 Å². The van der Waals surface area contributed by atoms with Crippen LogP contribution >= 0.6 is 0 Å². The Kier molecular flexibility index (Phi) is 6.52. The van der Waals surface area contributed by atoms with Gasteiger partial charge in [0.25, 0.3) is 10.1 Å². The summed E-state index contributed by atoms with van der Waals surface area (Å²) in [5.41, 5.74) is 1.03. The van der Waals surface area contributed by atoms with Crippen LogP contribution in [0, 0.1) is 12.8 Å². The molecule has 0 fully saturated rings. The first-order valence-corrected chi connectivity index (χ1v) is 8.32. The van der Waals surface area contributed by atoms with Crippen LogP contribution in [0.4, 0.5) is 0 Å². The molecule has 1 rings (SSSR count). The number of rotatable bonds is 8. The number of hydrogen-bond acceptors (Lipinski definition) is 3. The first-order chi connectivity index (χ1) is 8.95. The molecule has 0 aliphatic heterocycles. The lowest BCUT2D eigenvalue weighted by molar-refractivity contribution is 0.254. The average molecular weight is 284 g/mol. The Morgan fingerprint density at radius 2 is 1.79 bits per heavy atom. The van der Waals surface area contributed by atoms with Crippen molar-refractivity contribution in [2.75, 3.05) is 6.61 Å². The van der Waals surface area contributed by atoms with Crippen molar-refractivity contribution in [3.63, 3.8) is 0 Å². The van der Waals surface area contributed by atoms with Crippen molar-refractivity contribution in [2.45, 2.75) is 51.3 Å². The van der Waals surface area contributed by atoms with Gasteiger partial charge in [-0.05, 0) is 31.4 Å². The summed E-state index contributed by atoms with van der Waals surface area (Å²) < 4.78 is 29.0. The molecule has 4 heteroatoms. The third-order valence-corrected chi connectivity index (χ3v) is 4.41. The molecule has 1 unspecified atom stereocenters. The smallest absolute Gasteiger partial charge is 0.266 e. The van der Waals surface area contributed by atoms with Crippen LogP contribution < -0.4 is 0 Å². The zero-order valence-corrected chi connectivity index (χ0v) is 12.9. The molecular weight excluding hydrogens is 260 g/mol. The van der Waals surface area contributed by atoms with Crippen LogP contribution in [0.2, 0.25) is 0 Å². The Balaban J connectivity index is 2.49. The molecule has 0 spiro atoms. The van der Waals surface area contributed by atoms with Gasteiger partial charge in [-0.25, -0.2) is 0 Å². The number of unbranched alkanes of at least 4 members (excludes halogenated alkanes) is 2. The van der Waals surface area contributed by atoms with E-state index in [9.17, 15) is 8.42 Å². The Morgan fingerprint density at radius 3 is 2.37 bits per heavy atom. The Hall–Kier alpha value is -0.870. The Morgan fingerprint density at radius 1 is 1.16 bits per heavy atom. The molecule has 0 aliphatic carbocycles. The molecule has 1 aromatic rings. The quantitative estimate of drug-likeness (QED) is 0.537. The lowest BCUT2D eigenvalue weighted by Crippen LogP contribution is -2.13. The molecule has 0 aromatic heterocycles. The summed E-state index contributed by atoms with van der Waals surface area (Å²) >= 11 is 0. The SMILES string of the molecule is CCCCCC(C)COS(=O)(=O)c1ccc(C)cc1. The Labute approximate surface area is 117 Å². The van der Waals surface area contributed by atoms with E-state index in [1.807, 2.05) is 13.8 Å². The van der Waals surface area contributed by atoms with Gasteiger partial charge in [0.05, 0.1) is 11.5 Å². The maximum Gasteiger partial charge on any atom is 0.296 e. The minimum absolute atomic E-state index is 0.235. The van der Waals surface area contributed by atoms with E-state index < -0.39 is 10.1 Å². The summed E-state index contributed by atoms with van der Waals surface area (Å²) in [7, 11) is -3.60. The van der Waals surface area contributed by atoms with Crippen LogP contribution in [0.5, 0.6) is 0 Å². The summed E-state index contributed by atoms with van der Waals surface area (Å²) in [5, 5.41) is 0. The zero-order valence-electron chi connectivity index (χ0n) is 12.1. The van der Waals surface area contributed by atoms with E-state index >= 15 is 0 Å². The molecule has 0 saturated carbocycles. The maximum atomic E-state index is 12.0. The fourth-order valence-corrected chi connectivity index (χ4v) is 2.82. The highest BCUT2D eigenvalue weighted by atomic mass is 32.2. The van der Waals surface area contributed by atoms with Crippen molar-refractivity contribution in [2.24, 2.45) is 5.92 Å². The van der Waals surface area contributed by atoms with Gasteiger partial charge in [0.2, 0.25) is 0 Å². The first-order valence-electron chi connectivity index (χ1n) is 6.92. The molecule has 1 atom stereocenters. The summed E-state index contributed by atoms with van der Waals surface area (Å²) in [4.78, 5) is 0.235. The van der Waals surface area contributed by atoms with Crippen LogP contribution in [0.1, 0.15) is 45.1 Å². The van der Waals surface area contributed by atoms with Crippen molar-refractivity contribution in [3.05, 3.63) is 29.8 Å². The summed E-state index contributed by atoms with van der Waals surface area (Å²) in [6.45, 7) is 6.37. The van der Waals surface area contributed by atoms with Crippen LogP contribution in [-0.4, -0.2) is 15.0 Å². The highest BCUT2D eigenvalue weighted by Gasteiger charge is 2.16. The largest absolute Gasteiger partial charge is 0.296 e. The predicted octanol–water partition coefficient (Wildman–Crippen LogP) is 3.92. The third kappa shape index (κ3) is 5.74. The highest BCUT2D eigenvalue weighted by Crippen LogP contribution is 2.16. The van der Waals surface area contributed by atoms with Crippen molar-refractivity contribution in [1.82, 2.24) is 0 Å². The average Bonchev–Trinajstić information content (AvgIpc) is 2.37. The predicted molar refractivity (Wildman–Crippen MR) is 77.6 cm³/mol. The Bertz CT molecular complexity index is 463. The standard InChI is InChI=1S/C15H24O3S/c1-4-5-6-7-14(3)12-18-19(16,17)15-10-8-13(2)9-11-15/h8-11,14H,4-7,12H2,1-3H3. The molecule has 19 heavy (non-hydrogen) atoms. The second-order valence-corrected chi connectivity index (χ2v) is 6.77. The van der Waals surface area contributed by atoms with E-state index in [2.05, 4.69) is 6.92 Å². The number of hydrogen-bond donors (Lipinski definition) is 0. The fourth-order valence-electron chi connectivity index (χ4n) is 1.80. The van der Waals surface area contributed by atoms with Crippen LogP contribution in [0.3, 0.4) is 0 Å². The van der Waals surface area contributed by atoms with E-state index in [0.29, 0.717) is 0 Å². The first kappa shape index (κ1) is 16.2. The normalized spacial score (nSPS) is 13.4. The van der Waals surface area contributed by atoms with E-state index in [1.54, 1.807) is 24.3 Å². The molecule has 0 bridgehead atoms. The van der Waals surface area contributed by atoms with Gasteiger partial charge >= 0.3 is 0 Å². The van der Waals surface area contributed by atoms with Gasteiger partial charge in [0.1, 0.15) is 0 Å². The van der Waals surface area contributed by atoms with E-state index in [4.69, 9.17) is 4.18 Å². The van der Waals surface area contributed by atoms with Gasteiger partial charge in [0.15, 0.2) is 0 Å². The molecule has 1 aromatic carbocycles. The molecule has 0 N–H and O–H groups in total. The van der Waals surface area contributed by atoms with E-state index in [0.717, 1.165) is 18.4 Å². The fraction of sp³-hybridized carbons (Fsp3) is 0.600. The van der Waals surface area contributed by atoms with Crippen molar-refractivity contribution < 1.29 is 12.6 Å². The highest BCUT2D eigenvalue weighted by molar-refractivity contribution is 7.86. The number of benzene rings is 1. The second kappa shape index (κ2) is 7.65. The van der Waals surface area contributed by atoms with E-state index in [-0.39, 0.29) is 17.4 Å². The van der Waals surface area contributed by atoms with Gasteiger partial charge < -0.3 is 0 Å². The monoisotopic (exact) mass is 284 g/mol. The molecular formula is C15H24O3S. The molecule has 0 saturated heterocycles. The van der Waals surface area contributed by atoms with Gasteiger partial charge in [-0.1, -0.05) is 50.8 Å². The third-order valence-electron chi connectivity index (χ3n) is 3.12. The number of aryl methyl sites for hydroxylation is 1. The topological polar surface area (TPSA) is 43.4 Å². The van der Waals surface area contributed by atoms with Gasteiger partial charge in [-0.3, -0.25) is 4.18 Å². The lowest BCUT2D eigenvalue weighted by Gasteiger charge is -2.12. The second-order valence-electron chi connectivity index (χ2n) is 5.15. The minimum Gasteiger partial charge on any atom is -0.266 e. The van der Waals surface area contributed by atoms with Crippen LogP contribution in [0.15, 0.2) is 29.2 Å². The molecule has 0 amide bonds. The molecule has 0 aliphatic rings. The van der Waals surface area contributed by atoms with E-state index in [1.165, 1.54) is 12.8 Å². The maximum absolute atomic E-state index is 12.0. The van der Waals surface area contributed by atoms with Gasteiger partial charge in [-0.15, -0.1) is 0 Å². The lowest BCUT2D eigenvalue weighted by atomic mass is 10.0. The van der Waals surface area contributed by atoms with Crippen molar-refractivity contribution in [3.8, 4) is 0 Å². The van der Waals surface area contributed by atoms with Crippen molar-refractivity contribution in [1.29, 1.82) is 0 Å². The van der Waals surface area contributed by atoms with Crippen LogP contribution in [0.25, 0.3) is 0 Å². The minimum atomic E-state index is -3.60. The van der Waals surface area contributed by atoms with Gasteiger partial charge in [0, 0.05) is 0 Å². The summed E-state index contributed by atoms with van der Waals surface area (Å²) in [5.74, 6) is 0.270. The molecule has 108 valence electrons. The summed E-state index contributed by atoms with van der Waals surface area (Å²) in [6.07, 6.45) is 4.51. The zero-order chi connectivity index (χ0) is 14.3. The summed E-state index contributed by atoms with van der Waals surface area (Å²) in [6, 6.07) is 6.74. The molecule has 3 nitrogen and oxygen atoms in total. The molecule has 0 heterocycles.